The summed E-state index contributed by atoms with van der Waals surface area (Å²) in [5.74, 6) is -1.95. The Labute approximate surface area is 111 Å². The summed E-state index contributed by atoms with van der Waals surface area (Å²) in [4.78, 5) is 24.3. The van der Waals surface area contributed by atoms with Gasteiger partial charge in [-0.15, -0.1) is 0 Å². The number of aryl methyl sites for hydroxylation is 1. The third-order valence-corrected chi connectivity index (χ3v) is 3.54. The average Bonchev–Trinajstić information content (AvgIpc) is 2.80. The van der Waals surface area contributed by atoms with Crippen LogP contribution in [0.1, 0.15) is 30.0 Å². The number of benzene rings is 1. The molecule has 1 aliphatic rings. The first kappa shape index (κ1) is 13.5. The monoisotopic (exact) mass is 263 g/mol. The maximum atomic E-state index is 11.5. The number of nitrogens with zero attached hydrogens (tertiary/aromatic N) is 1. The van der Waals surface area contributed by atoms with Gasteiger partial charge in [0, 0.05) is 6.54 Å². The summed E-state index contributed by atoms with van der Waals surface area (Å²) in [6.07, 6.45) is 1.22. The molecule has 1 aliphatic heterocycles. The topological polar surface area (TPSA) is 77.8 Å². The highest BCUT2D eigenvalue weighted by molar-refractivity contribution is 5.79. The number of carboxylic acid groups (broad SMARTS) is 2. The van der Waals surface area contributed by atoms with Crippen LogP contribution in [0, 0.1) is 6.92 Å². The number of rotatable bonds is 4. The number of hydrogen-bond acceptors (Lipinski definition) is 3. The van der Waals surface area contributed by atoms with Gasteiger partial charge >= 0.3 is 11.9 Å². The van der Waals surface area contributed by atoms with E-state index in [-0.39, 0.29) is 0 Å². The van der Waals surface area contributed by atoms with Gasteiger partial charge in [0.25, 0.3) is 0 Å². The van der Waals surface area contributed by atoms with Crippen LogP contribution in [-0.4, -0.2) is 39.6 Å². The molecule has 1 saturated heterocycles. The minimum Gasteiger partial charge on any atom is -0.480 e. The first-order chi connectivity index (χ1) is 9.00. The minimum atomic E-state index is -1.00. The first-order valence-corrected chi connectivity index (χ1v) is 6.28. The average molecular weight is 263 g/mol. The number of likely N-dealkylation sites (tertiary alicyclic amines) is 1. The van der Waals surface area contributed by atoms with Crippen molar-refractivity contribution < 1.29 is 19.8 Å². The molecule has 1 aromatic carbocycles. The van der Waals surface area contributed by atoms with Gasteiger partial charge in [-0.3, -0.25) is 14.5 Å². The molecule has 5 heteroatoms. The van der Waals surface area contributed by atoms with Gasteiger partial charge in [-0.25, -0.2) is 0 Å². The molecule has 2 rings (SSSR count). The van der Waals surface area contributed by atoms with Crippen molar-refractivity contribution in [2.75, 3.05) is 6.54 Å². The fourth-order valence-corrected chi connectivity index (χ4v) is 2.59. The molecule has 102 valence electrons. The van der Waals surface area contributed by atoms with Crippen LogP contribution in [-0.2, 0) is 9.59 Å². The van der Waals surface area contributed by atoms with Gasteiger partial charge in [-0.05, 0) is 25.3 Å². The Balaban J connectivity index is 2.32. The van der Waals surface area contributed by atoms with Crippen LogP contribution in [0.15, 0.2) is 24.3 Å². The van der Waals surface area contributed by atoms with Crippen LogP contribution in [0.25, 0.3) is 0 Å². The van der Waals surface area contributed by atoms with Crippen molar-refractivity contribution in [2.45, 2.75) is 31.8 Å². The lowest BCUT2D eigenvalue weighted by atomic mass is 10.0. The second-order valence-electron chi connectivity index (χ2n) is 4.89. The molecule has 0 aromatic heterocycles. The van der Waals surface area contributed by atoms with Crippen LogP contribution in [0.2, 0.25) is 0 Å². The van der Waals surface area contributed by atoms with Crippen molar-refractivity contribution in [3.05, 3.63) is 35.4 Å². The van der Waals surface area contributed by atoms with Crippen molar-refractivity contribution in [1.29, 1.82) is 0 Å². The Bertz CT molecular complexity index is 483. The quantitative estimate of drug-likeness (QED) is 0.864. The second-order valence-corrected chi connectivity index (χ2v) is 4.89. The van der Waals surface area contributed by atoms with Gasteiger partial charge in [0.2, 0.25) is 0 Å². The Morgan fingerprint density at radius 3 is 2.42 bits per heavy atom. The summed E-state index contributed by atoms with van der Waals surface area (Å²) in [6.45, 7) is 2.43. The molecular weight excluding hydrogens is 246 g/mol. The first-order valence-electron chi connectivity index (χ1n) is 6.28. The van der Waals surface area contributed by atoms with Gasteiger partial charge in [0.05, 0.1) is 0 Å². The molecule has 0 amide bonds. The van der Waals surface area contributed by atoms with Crippen molar-refractivity contribution in [3.63, 3.8) is 0 Å². The van der Waals surface area contributed by atoms with Crippen LogP contribution in [0.3, 0.4) is 0 Å². The third kappa shape index (κ3) is 2.76. The van der Waals surface area contributed by atoms with E-state index in [0.717, 1.165) is 5.56 Å². The highest BCUT2D eigenvalue weighted by Gasteiger charge is 2.39. The van der Waals surface area contributed by atoms with E-state index in [4.69, 9.17) is 0 Å². The van der Waals surface area contributed by atoms with Gasteiger partial charge in [0.15, 0.2) is 0 Å². The predicted molar refractivity (Wildman–Crippen MR) is 68.9 cm³/mol. The normalized spacial score (nSPS) is 21.2. The van der Waals surface area contributed by atoms with E-state index < -0.39 is 24.0 Å². The highest BCUT2D eigenvalue weighted by Crippen LogP contribution is 2.30. The van der Waals surface area contributed by atoms with E-state index in [1.165, 1.54) is 0 Å². The predicted octanol–water partition coefficient (Wildman–Crippen LogP) is 1.67. The van der Waals surface area contributed by atoms with Crippen LogP contribution >= 0.6 is 0 Å². The molecule has 0 saturated carbocycles. The summed E-state index contributed by atoms with van der Waals surface area (Å²) in [5.41, 5.74) is 1.68. The zero-order valence-corrected chi connectivity index (χ0v) is 10.7. The van der Waals surface area contributed by atoms with E-state index in [2.05, 4.69) is 0 Å². The molecule has 0 bridgehead atoms. The maximum Gasteiger partial charge on any atom is 0.325 e. The Morgan fingerprint density at radius 2 is 1.89 bits per heavy atom. The maximum absolute atomic E-state index is 11.5. The van der Waals surface area contributed by atoms with E-state index >= 15 is 0 Å². The SMILES string of the molecule is Cc1ccc(C(C(=O)O)N2CCCC2C(=O)O)cc1. The lowest BCUT2D eigenvalue weighted by Gasteiger charge is -2.28. The van der Waals surface area contributed by atoms with E-state index in [1.54, 1.807) is 17.0 Å². The summed E-state index contributed by atoms with van der Waals surface area (Å²) in [7, 11) is 0. The lowest BCUT2D eigenvalue weighted by molar-refractivity contribution is -0.149. The van der Waals surface area contributed by atoms with E-state index in [9.17, 15) is 19.8 Å². The van der Waals surface area contributed by atoms with Gasteiger partial charge < -0.3 is 10.2 Å². The largest absolute Gasteiger partial charge is 0.480 e. The molecule has 2 unspecified atom stereocenters. The van der Waals surface area contributed by atoms with Crippen LogP contribution < -0.4 is 0 Å². The molecule has 19 heavy (non-hydrogen) atoms. The molecular formula is C14H17NO4. The Morgan fingerprint density at radius 1 is 1.26 bits per heavy atom. The molecule has 1 heterocycles. The lowest BCUT2D eigenvalue weighted by Crippen LogP contribution is -2.41. The Hall–Kier alpha value is -1.88. The highest BCUT2D eigenvalue weighted by atomic mass is 16.4. The standard InChI is InChI=1S/C14H17NO4/c1-9-4-6-10(7-5-9)12(14(18)19)15-8-2-3-11(15)13(16)17/h4-7,11-12H,2-3,8H2,1H3,(H,16,17)(H,18,19). The third-order valence-electron chi connectivity index (χ3n) is 3.54. The van der Waals surface area contributed by atoms with Crippen LogP contribution in [0.5, 0.6) is 0 Å². The molecule has 2 N–H and O–H groups in total. The van der Waals surface area contributed by atoms with Crippen molar-refractivity contribution >= 4 is 11.9 Å². The summed E-state index contributed by atoms with van der Waals surface area (Å²) in [5, 5.41) is 18.6. The number of carbonyl (C=O) groups is 2. The van der Waals surface area contributed by atoms with E-state index in [0.29, 0.717) is 24.9 Å². The Kier molecular flexibility index (Phi) is 3.85. The number of aliphatic carboxylic acids is 2. The van der Waals surface area contributed by atoms with Crippen molar-refractivity contribution in [1.82, 2.24) is 4.90 Å². The zero-order valence-electron chi connectivity index (χ0n) is 10.7. The minimum absolute atomic E-state index is 0.502. The summed E-state index contributed by atoms with van der Waals surface area (Å²) < 4.78 is 0. The number of carboxylic acids is 2. The van der Waals surface area contributed by atoms with Crippen LogP contribution in [0.4, 0.5) is 0 Å². The van der Waals surface area contributed by atoms with Gasteiger partial charge in [-0.2, -0.15) is 0 Å². The molecule has 2 atom stereocenters. The summed E-state index contributed by atoms with van der Waals surface area (Å²) >= 11 is 0. The summed E-state index contributed by atoms with van der Waals surface area (Å²) in [6, 6.07) is 5.61. The molecule has 0 radical (unpaired) electrons. The van der Waals surface area contributed by atoms with Gasteiger partial charge in [0.1, 0.15) is 12.1 Å². The van der Waals surface area contributed by atoms with Crippen molar-refractivity contribution in [2.24, 2.45) is 0 Å². The van der Waals surface area contributed by atoms with Gasteiger partial charge in [-0.1, -0.05) is 29.8 Å². The molecule has 0 aliphatic carbocycles. The van der Waals surface area contributed by atoms with Crippen molar-refractivity contribution in [3.8, 4) is 0 Å². The smallest absolute Gasteiger partial charge is 0.325 e. The zero-order chi connectivity index (χ0) is 14.0. The van der Waals surface area contributed by atoms with E-state index in [1.807, 2.05) is 19.1 Å². The molecule has 1 aromatic rings. The number of hydrogen-bond donors (Lipinski definition) is 2. The second kappa shape index (κ2) is 5.40. The molecule has 1 fully saturated rings. The fourth-order valence-electron chi connectivity index (χ4n) is 2.59. The fraction of sp³-hybridized carbons (Fsp3) is 0.429. The molecule has 5 nitrogen and oxygen atoms in total. The molecule has 0 spiro atoms.